The Labute approximate surface area is 189 Å². The van der Waals surface area contributed by atoms with Gasteiger partial charge in [-0.05, 0) is 102 Å². The Morgan fingerprint density at radius 1 is 0.839 bits per heavy atom. The first-order valence-corrected chi connectivity index (χ1v) is 15.5. The highest BCUT2D eigenvalue weighted by molar-refractivity contribution is 6.48. The quantitative estimate of drug-likeness (QED) is 0.380. The molecule has 0 radical (unpaired) electrons. The topological polar surface area (TPSA) is 9.23 Å². The first-order valence-electron chi connectivity index (χ1n) is 12.7. The average molecular weight is 429 g/mol. The molecule has 0 spiro atoms. The Hall–Kier alpha value is -1.64. The Bertz CT molecular complexity index is 981. The van der Waals surface area contributed by atoms with Gasteiger partial charge in [0.25, 0.3) is 0 Å². The predicted molar refractivity (Wildman–Crippen MR) is 133 cm³/mol. The standard InChI is InChI=1S/C29H36OSi/c1-4-5-14-28-16-20-15-21(17-28)19-29(18-20,30-31(2)3)27(28)26-24-12-8-6-10-22(24)23-11-7-9-13-25(23)26/h6-13,20-21,31H,4-5,14-19H2,1-3H3. The Kier molecular flexibility index (Phi) is 4.63. The minimum absolute atomic E-state index is 0.00188. The molecule has 2 atom stereocenters. The Morgan fingerprint density at radius 2 is 1.39 bits per heavy atom. The minimum Gasteiger partial charge on any atom is -0.411 e. The molecule has 4 fully saturated rings. The first kappa shape index (κ1) is 20.0. The van der Waals surface area contributed by atoms with E-state index in [1.54, 1.807) is 11.1 Å². The van der Waals surface area contributed by atoms with Crippen LogP contribution in [0, 0.1) is 17.3 Å². The van der Waals surface area contributed by atoms with Gasteiger partial charge in [0.2, 0.25) is 0 Å². The molecule has 2 aromatic carbocycles. The molecule has 0 heterocycles. The number of rotatable bonds is 5. The lowest BCUT2D eigenvalue weighted by Crippen LogP contribution is -2.60. The second-order valence-corrected chi connectivity index (χ2v) is 13.5. The van der Waals surface area contributed by atoms with Gasteiger partial charge in [-0.1, -0.05) is 68.3 Å². The highest BCUT2D eigenvalue weighted by atomic mass is 28.3. The Balaban J connectivity index is 1.67. The number of fused-ring (bicyclic) bond motifs is 3. The third kappa shape index (κ3) is 2.90. The lowest BCUT2D eigenvalue weighted by Gasteiger charge is -2.65. The summed E-state index contributed by atoms with van der Waals surface area (Å²) in [4.78, 5) is 0. The van der Waals surface area contributed by atoms with Gasteiger partial charge in [0.1, 0.15) is 0 Å². The molecule has 1 nitrogen and oxygen atoms in total. The third-order valence-corrected chi connectivity index (χ3v) is 9.57. The van der Waals surface area contributed by atoms with Gasteiger partial charge in [0.05, 0.1) is 5.60 Å². The maximum Gasteiger partial charge on any atom is 0.172 e. The summed E-state index contributed by atoms with van der Waals surface area (Å²) >= 11 is 0. The van der Waals surface area contributed by atoms with Crippen molar-refractivity contribution in [1.29, 1.82) is 0 Å². The largest absolute Gasteiger partial charge is 0.411 e. The van der Waals surface area contributed by atoms with Gasteiger partial charge < -0.3 is 4.43 Å². The molecule has 0 N–H and O–H groups in total. The van der Waals surface area contributed by atoms with Crippen LogP contribution in [0.2, 0.25) is 13.1 Å². The molecule has 0 amide bonds. The van der Waals surface area contributed by atoms with Crippen LogP contribution in [0.1, 0.15) is 69.4 Å². The molecule has 7 rings (SSSR count). The van der Waals surface area contributed by atoms with E-state index in [4.69, 9.17) is 4.43 Å². The summed E-state index contributed by atoms with van der Waals surface area (Å²) in [5.74, 6) is 1.74. The molecule has 4 saturated carbocycles. The van der Waals surface area contributed by atoms with Gasteiger partial charge in [0.15, 0.2) is 9.04 Å². The molecule has 0 aliphatic heterocycles. The van der Waals surface area contributed by atoms with E-state index in [1.165, 1.54) is 73.6 Å². The third-order valence-electron chi connectivity index (χ3n) is 8.65. The summed E-state index contributed by atoms with van der Waals surface area (Å²) in [7, 11) is -1.17. The first-order chi connectivity index (χ1) is 15.1. The van der Waals surface area contributed by atoms with Crippen molar-refractivity contribution in [3.63, 3.8) is 0 Å². The minimum atomic E-state index is -1.17. The number of hydrogen-bond donors (Lipinski definition) is 0. The van der Waals surface area contributed by atoms with Gasteiger partial charge in [0, 0.05) is 0 Å². The molecule has 162 valence electrons. The maximum absolute atomic E-state index is 7.19. The van der Waals surface area contributed by atoms with Crippen LogP contribution in [-0.2, 0) is 4.43 Å². The highest BCUT2D eigenvalue weighted by Crippen LogP contribution is 2.69. The molecule has 2 unspecified atom stereocenters. The molecule has 2 heteroatoms. The Morgan fingerprint density at radius 3 is 1.90 bits per heavy atom. The lowest BCUT2D eigenvalue weighted by molar-refractivity contribution is -0.0995. The average Bonchev–Trinajstić information content (AvgIpc) is 3.05. The fraction of sp³-hybridized carbons (Fsp3) is 0.517. The van der Waals surface area contributed by atoms with Crippen LogP contribution in [-0.4, -0.2) is 14.6 Å². The normalized spacial score (nSPS) is 32.6. The van der Waals surface area contributed by atoms with Crippen LogP contribution in [0.4, 0.5) is 0 Å². The summed E-state index contributed by atoms with van der Waals surface area (Å²) < 4.78 is 7.19. The van der Waals surface area contributed by atoms with Crippen molar-refractivity contribution in [1.82, 2.24) is 0 Å². The van der Waals surface area contributed by atoms with E-state index < -0.39 is 9.04 Å². The number of hydrogen-bond acceptors (Lipinski definition) is 1. The molecule has 0 aromatic heterocycles. The van der Waals surface area contributed by atoms with E-state index >= 15 is 0 Å². The zero-order valence-corrected chi connectivity index (χ0v) is 20.6. The zero-order valence-electron chi connectivity index (χ0n) is 19.4. The summed E-state index contributed by atoms with van der Waals surface area (Å²) in [6.45, 7) is 7.13. The van der Waals surface area contributed by atoms with Gasteiger partial charge >= 0.3 is 0 Å². The van der Waals surface area contributed by atoms with Crippen molar-refractivity contribution >= 4 is 14.6 Å². The molecule has 2 aromatic rings. The molecule has 5 aliphatic rings. The molecular formula is C29H36OSi. The second-order valence-electron chi connectivity index (χ2n) is 11.2. The van der Waals surface area contributed by atoms with Crippen molar-refractivity contribution in [3.8, 4) is 11.1 Å². The fourth-order valence-electron chi connectivity index (χ4n) is 8.28. The van der Waals surface area contributed by atoms with Crippen molar-refractivity contribution in [2.45, 2.75) is 77.0 Å². The zero-order chi connectivity index (χ0) is 21.2. The monoisotopic (exact) mass is 428 g/mol. The summed E-state index contributed by atoms with van der Waals surface area (Å²) in [6.07, 6.45) is 10.8. The second kappa shape index (κ2) is 7.18. The van der Waals surface area contributed by atoms with Crippen LogP contribution in [0.3, 0.4) is 0 Å². The van der Waals surface area contributed by atoms with Gasteiger partial charge in [-0.2, -0.15) is 0 Å². The van der Waals surface area contributed by atoms with E-state index in [-0.39, 0.29) is 5.60 Å². The van der Waals surface area contributed by atoms with E-state index in [0.29, 0.717) is 5.41 Å². The van der Waals surface area contributed by atoms with E-state index in [2.05, 4.69) is 68.5 Å². The van der Waals surface area contributed by atoms with Crippen LogP contribution in [0.25, 0.3) is 16.7 Å². The van der Waals surface area contributed by atoms with Crippen molar-refractivity contribution in [3.05, 3.63) is 65.2 Å². The van der Waals surface area contributed by atoms with E-state index in [9.17, 15) is 0 Å². The van der Waals surface area contributed by atoms with Crippen molar-refractivity contribution in [2.24, 2.45) is 17.3 Å². The predicted octanol–water partition coefficient (Wildman–Crippen LogP) is 7.61. The maximum atomic E-state index is 7.19. The molecule has 5 aliphatic carbocycles. The highest BCUT2D eigenvalue weighted by Gasteiger charge is 2.62. The SMILES string of the molecule is CCCCC12CC3CC(C1)CC(O[SiH](C)C)(C3)C2=C1c2ccccc2-c2ccccc21. The molecular weight excluding hydrogens is 392 g/mol. The van der Waals surface area contributed by atoms with Crippen molar-refractivity contribution in [2.75, 3.05) is 0 Å². The van der Waals surface area contributed by atoms with Crippen LogP contribution in [0.5, 0.6) is 0 Å². The molecule has 0 saturated heterocycles. The van der Waals surface area contributed by atoms with Crippen LogP contribution < -0.4 is 0 Å². The van der Waals surface area contributed by atoms with Crippen molar-refractivity contribution < 1.29 is 4.43 Å². The molecule has 31 heavy (non-hydrogen) atoms. The fourth-order valence-corrected chi connectivity index (χ4v) is 9.49. The lowest BCUT2D eigenvalue weighted by atomic mass is 9.44. The van der Waals surface area contributed by atoms with Gasteiger partial charge in [-0.15, -0.1) is 0 Å². The number of benzene rings is 2. The number of unbranched alkanes of at least 4 members (excludes halogenated alkanes) is 1. The van der Waals surface area contributed by atoms with Crippen LogP contribution >= 0.6 is 0 Å². The van der Waals surface area contributed by atoms with E-state index in [1.807, 2.05) is 0 Å². The summed E-state index contributed by atoms with van der Waals surface area (Å²) in [6, 6.07) is 18.3. The van der Waals surface area contributed by atoms with Crippen LogP contribution in [0.15, 0.2) is 54.1 Å². The smallest absolute Gasteiger partial charge is 0.172 e. The van der Waals surface area contributed by atoms with Gasteiger partial charge in [-0.25, -0.2) is 0 Å². The summed E-state index contributed by atoms with van der Waals surface area (Å²) in [5, 5.41) is 0. The summed E-state index contributed by atoms with van der Waals surface area (Å²) in [5.41, 5.74) is 9.44. The van der Waals surface area contributed by atoms with E-state index in [0.717, 1.165) is 11.8 Å². The molecule has 4 bridgehead atoms. The van der Waals surface area contributed by atoms with Gasteiger partial charge in [-0.3, -0.25) is 0 Å².